The maximum absolute atomic E-state index is 12.8. The second-order valence-electron chi connectivity index (χ2n) is 6.46. The first-order valence-corrected chi connectivity index (χ1v) is 8.88. The zero-order valence-corrected chi connectivity index (χ0v) is 15.5. The standard InChI is InChI=1S/C18H21BrN2O3/c1-20(2)17(22)12-4-3-7-21(10-12)18(23)14-8-13-9-15(19)5-6-16(13)24-11-14/h5-6,8-9,12H,3-4,7,10-11H2,1-2H3. The molecule has 128 valence electrons. The lowest BCUT2D eigenvalue weighted by molar-refractivity contribution is -0.137. The van der Waals surface area contributed by atoms with Gasteiger partial charge in [0.2, 0.25) is 5.91 Å². The van der Waals surface area contributed by atoms with Crippen molar-refractivity contribution in [1.29, 1.82) is 0 Å². The van der Waals surface area contributed by atoms with E-state index in [1.165, 1.54) is 0 Å². The molecule has 0 aliphatic carbocycles. The molecule has 1 fully saturated rings. The third-order valence-corrected chi connectivity index (χ3v) is 4.95. The minimum Gasteiger partial charge on any atom is -0.488 e. The number of benzene rings is 1. The van der Waals surface area contributed by atoms with E-state index in [1.54, 1.807) is 23.9 Å². The highest BCUT2D eigenvalue weighted by Crippen LogP contribution is 2.30. The van der Waals surface area contributed by atoms with Crippen LogP contribution >= 0.6 is 15.9 Å². The summed E-state index contributed by atoms with van der Waals surface area (Å²) in [6, 6.07) is 5.75. The van der Waals surface area contributed by atoms with Crippen LogP contribution in [0.15, 0.2) is 28.2 Å². The van der Waals surface area contributed by atoms with E-state index in [4.69, 9.17) is 4.74 Å². The molecule has 5 nitrogen and oxygen atoms in total. The van der Waals surface area contributed by atoms with Crippen molar-refractivity contribution in [2.45, 2.75) is 12.8 Å². The zero-order chi connectivity index (χ0) is 17.3. The third kappa shape index (κ3) is 3.48. The van der Waals surface area contributed by atoms with E-state index in [-0.39, 0.29) is 24.3 Å². The van der Waals surface area contributed by atoms with E-state index in [1.807, 2.05) is 24.3 Å². The number of likely N-dealkylation sites (tertiary alicyclic amines) is 1. The number of ether oxygens (including phenoxy) is 1. The summed E-state index contributed by atoms with van der Waals surface area (Å²) in [6.45, 7) is 1.45. The predicted molar refractivity (Wildman–Crippen MR) is 95.6 cm³/mol. The summed E-state index contributed by atoms with van der Waals surface area (Å²) in [6.07, 6.45) is 3.59. The van der Waals surface area contributed by atoms with Crippen LogP contribution in [0.1, 0.15) is 18.4 Å². The molecule has 1 aromatic rings. The van der Waals surface area contributed by atoms with Gasteiger partial charge in [-0.1, -0.05) is 15.9 Å². The molecule has 2 heterocycles. The lowest BCUT2D eigenvalue weighted by Crippen LogP contribution is -2.46. The number of carbonyl (C=O) groups excluding carboxylic acids is 2. The van der Waals surface area contributed by atoms with Crippen LogP contribution in [0.4, 0.5) is 0 Å². The molecule has 1 aromatic carbocycles. The number of nitrogens with zero attached hydrogens (tertiary/aromatic N) is 2. The van der Waals surface area contributed by atoms with Gasteiger partial charge in [0.05, 0.1) is 11.5 Å². The first-order chi connectivity index (χ1) is 11.5. The summed E-state index contributed by atoms with van der Waals surface area (Å²) in [5.74, 6) is 0.742. The lowest BCUT2D eigenvalue weighted by atomic mass is 9.95. The van der Waals surface area contributed by atoms with E-state index in [9.17, 15) is 9.59 Å². The average Bonchev–Trinajstić information content (AvgIpc) is 2.59. The molecule has 0 saturated carbocycles. The molecule has 2 aliphatic rings. The fourth-order valence-corrected chi connectivity index (χ4v) is 3.58. The minimum atomic E-state index is -0.107. The fourth-order valence-electron chi connectivity index (χ4n) is 3.20. The highest BCUT2D eigenvalue weighted by Gasteiger charge is 2.31. The van der Waals surface area contributed by atoms with Gasteiger partial charge in [0.25, 0.3) is 5.91 Å². The fraction of sp³-hybridized carbons (Fsp3) is 0.444. The largest absolute Gasteiger partial charge is 0.488 e. The van der Waals surface area contributed by atoms with Gasteiger partial charge < -0.3 is 14.5 Å². The van der Waals surface area contributed by atoms with Crippen molar-refractivity contribution in [3.63, 3.8) is 0 Å². The quantitative estimate of drug-likeness (QED) is 0.776. The molecule has 0 radical (unpaired) electrons. The lowest BCUT2D eigenvalue weighted by Gasteiger charge is -2.34. The van der Waals surface area contributed by atoms with Gasteiger partial charge in [-0.25, -0.2) is 0 Å². The van der Waals surface area contributed by atoms with Crippen molar-refractivity contribution in [2.75, 3.05) is 33.8 Å². The molecular weight excluding hydrogens is 372 g/mol. The van der Waals surface area contributed by atoms with Gasteiger partial charge in [-0.05, 0) is 37.1 Å². The Morgan fingerprint density at radius 3 is 2.88 bits per heavy atom. The van der Waals surface area contributed by atoms with Gasteiger partial charge in [-0.2, -0.15) is 0 Å². The van der Waals surface area contributed by atoms with Gasteiger partial charge in [0.15, 0.2) is 0 Å². The van der Waals surface area contributed by atoms with Crippen molar-refractivity contribution in [3.05, 3.63) is 33.8 Å². The number of hydrogen-bond acceptors (Lipinski definition) is 3. The van der Waals surface area contributed by atoms with Crippen LogP contribution in [0, 0.1) is 5.92 Å². The Kier molecular flexibility index (Phi) is 4.94. The number of piperidine rings is 1. The molecule has 2 aliphatic heterocycles. The number of fused-ring (bicyclic) bond motifs is 1. The molecule has 0 spiro atoms. The summed E-state index contributed by atoms with van der Waals surface area (Å²) in [5.41, 5.74) is 1.54. The smallest absolute Gasteiger partial charge is 0.253 e. The van der Waals surface area contributed by atoms with Crippen LogP contribution in [0.2, 0.25) is 0 Å². The van der Waals surface area contributed by atoms with Crippen LogP contribution in [-0.2, 0) is 9.59 Å². The van der Waals surface area contributed by atoms with Crippen LogP contribution in [0.3, 0.4) is 0 Å². The molecule has 24 heavy (non-hydrogen) atoms. The molecule has 1 saturated heterocycles. The second-order valence-corrected chi connectivity index (χ2v) is 7.38. The Bertz CT molecular complexity index is 700. The van der Waals surface area contributed by atoms with E-state index >= 15 is 0 Å². The minimum absolute atomic E-state index is 0.0307. The Labute approximate surface area is 150 Å². The molecule has 6 heteroatoms. The Balaban J connectivity index is 1.76. The van der Waals surface area contributed by atoms with Crippen molar-refractivity contribution in [1.82, 2.24) is 9.80 Å². The van der Waals surface area contributed by atoms with Gasteiger partial charge >= 0.3 is 0 Å². The topological polar surface area (TPSA) is 49.9 Å². The van der Waals surface area contributed by atoms with E-state index < -0.39 is 0 Å². The summed E-state index contributed by atoms with van der Waals surface area (Å²) in [4.78, 5) is 28.4. The first kappa shape index (κ1) is 17.0. The van der Waals surface area contributed by atoms with Gasteiger partial charge in [0, 0.05) is 37.2 Å². The Hall–Kier alpha value is -1.82. The van der Waals surface area contributed by atoms with Gasteiger partial charge in [0.1, 0.15) is 12.4 Å². The highest BCUT2D eigenvalue weighted by atomic mass is 79.9. The van der Waals surface area contributed by atoms with Crippen LogP contribution in [-0.4, -0.2) is 55.4 Å². The third-order valence-electron chi connectivity index (χ3n) is 4.46. The number of amides is 2. The summed E-state index contributed by atoms with van der Waals surface area (Å²) >= 11 is 3.44. The molecular formula is C18H21BrN2O3. The van der Waals surface area contributed by atoms with Crippen molar-refractivity contribution in [3.8, 4) is 5.75 Å². The van der Waals surface area contributed by atoms with Gasteiger partial charge in [-0.15, -0.1) is 0 Å². The number of hydrogen-bond donors (Lipinski definition) is 0. The van der Waals surface area contributed by atoms with E-state index in [0.717, 1.165) is 28.6 Å². The second kappa shape index (κ2) is 6.97. The van der Waals surface area contributed by atoms with Crippen molar-refractivity contribution >= 4 is 33.8 Å². The van der Waals surface area contributed by atoms with Crippen molar-refractivity contribution in [2.24, 2.45) is 5.92 Å². The summed E-state index contributed by atoms with van der Waals surface area (Å²) in [5, 5.41) is 0. The molecule has 0 aromatic heterocycles. The van der Waals surface area contributed by atoms with Crippen LogP contribution < -0.4 is 4.74 Å². The predicted octanol–water partition coefficient (Wildman–Crippen LogP) is 2.55. The van der Waals surface area contributed by atoms with Gasteiger partial charge in [-0.3, -0.25) is 9.59 Å². The molecule has 0 bridgehead atoms. The van der Waals surface area contributed by atoms with Crippen LogP contribution in [0.5, 0.6) is 5.75 Å². The SMILES string of the molecule is CN(C)C(=O)C1CCCN(C(=O)C2=Cc3cc(Br)ccc3OC2)C1. The van der Waals surface area contributed by atoms with Crippen molar-refractivity contribution < 1.29 is 14.3 Å². The Morgan fingerprint density at radius 2 is 2.12 bits per heavy atom. The average molecular weight is 393 g/mol. The number of halogens is 1. The molecule has 2 amide bonds. The molecule has 1 atom stereocenters. The molecule has 1 unspecified atom stereocenters. The highest BCUT2D eigenvalue weighted by molar-refractivity contribution is 9.10. The number of carbonyl (C=O) groups is 2. The Morgan fingerprint density at radius 1 is 1.33 bits per heavy atom. The first-order valence-electron chi connectivity index (χ1n) is 8.09. The zero-order valence-electron chi connectivity index (χ0n) is 13.9. The van der Waals surface area contributed by atoms with E-state index in [0.29, 0.717) is 18.7 Å². The maximum Gasteiger partial charge on any atom is 0.253 e. The van der Waals surface area contributed by atoms with E-state index in [2.05, 4.69) is 15.9 Å². The molecule has 3 rings (SSSR count). The van der Waals surface area contributed by atoms with Crippen LogP contribution in [0.25, 0.3) is 6.08 Å². The normalized spacial score (nSPS) is 19.9. The molecule has 0 N–H and O–H groups in total. The summed E-state index contributed by atoms with van der Waals surface area (Å²) < 4.78 is 6.65. The summed E-state index contributed by atoms with van der Waals surface area (Å²) in [7, 11) is 3.52. The maximum atomic E-state index is 12.8. The monoisotopic (exact) mass is 392 g/mol. The number of rotatable bonds is 2.